The van der Waals surface area contributed by atoms with Gasteiger partial charge in [0.05, 0.1) is 17.8 Å². The van der Waals surface area contributed by atoms with Gasteiger partial charge in [-0.25, -0.2) is 0 Å². The minimum absolute atomic E-state index is 0.0629. The molecule has 1 aliphatic rings. The second-order valence-corrected chi connectivity index (χ2v) is 9.13. The summed E-state index contributed by atoms with van der Waals surface area (Å²) < 4.78 is 5.44. The maximum atomic E-state index is 13.0. The Morgan fingerprint density at radius 2 is 1.57 bits per heavy atom. The molecule has 2 N–H and O–H groups in total. The zero-order valence-corrected chi connectivity index (χ0v) is 20.5. The molecule has 0 aliphatic carbocycles. The summed E-state index contributed by atoms with van der Waals surface area (Å²) in [5.41, 5.74) is 2.91. The van der Waals surface area contributed by atoms with Crippen LogP contribution in [0.4, 0.5) is 5.69 Å². The standard InChI is InChI=1S/C29H29N5O3/c35-28(31-25-14-8-7-13-24(25)29(36)30-19-21-9-3-1-4-10-21)23-15-17-34(18-16-23)20-26-32-27(33-37-26)22-11-5-2-6-12-22/h1-14,23H,15-20H2,(H,30,36)(H,31,35). The number of para-hydroxylation sites is 1. The van der Waals surface area contributed by atoms with E-state index in [4.69, 9.17) is 4.52 Å². The lowest BCUT2D eigenvalue weighted by Gasteiger charge is -2.30. The van der Waals surface area contributed by atoms with Crippen molar-refractivity contribution < 1.29 is 14.1 Å². The number of aromatic nitrogens is 2. The summed E-state index contributed by atoms with van der Waals surface area (Å²) in [6.07, 6.45) is 1.43. The quantitative estimate of drug-likeness (QED) is 0.373. The molecular weight excluding hydrogens is 466 g/mol. The number of nitrogens with zero attached hydrogens (tertiary/aromatic N) is 3. The van der Waals surface area contributed by atoms with Crippen molar-refractivity contribution in [1.82, 2.24) is 20.4 Å². The summed E-state index contributed by atoms with van der Waals surface area (Å²) in [6, 6.07) is 26.6. The Labute approximate surface area is 215 Å². The molecule has 8 heteroatoms. The highest BCUT2D eigenvalue weighted by atomic mass is 16.5. The Bertz CT molecular complexity index is 1330. The van der Waals surface area contributed by atoms with Crippen LogP contribution in [0.3, 0.4) is 0 Å². The van der Waals surface area contributed by atoms with E-state index in [0.717, 1.165) is 24.2 Å². The highest BCUT2D eigenvalue weighted by molar-refractivity contribution is 6.04. The zero-order chi connectivity index (χ0) is 25.5. The lowest BCUT2D eigenvalue weighted by molar-refractivity contribution is -0.121. The summed E-state index contributed by atoms with van der Waals surface area (Å²) in [4.78, 5) is 32.6. The molecule has 1 saturated heterocycles. The lowest BCUT2D eigenvalue weighted by Crippen LogP contribution is -2.38. The van der Waals surface area contributed by atoms with Crippen LogP contribution < -0.4 is 10.6 Å². The Kier molecular flexibility index (Phi) is 7.66. The molecule has 1 fully saturated rings. The second-order valence-electron chi connectivity index (χ2n) is 9.13. The van der Waals surface area contributed by atoms with Gasteiger partial charge < -0.3 is 15.2 Å². The third kappa shape index (κ3) is 6.29. The topological polar surface area (TPSA) is 100 Å². The van der Waals surface area contributed by atoms with Gasteiger partial charge >= 0.3 is 0 Å². The van der Waals surface area contributed by atoms with E-state index in [1.807, 2.05) is 66.7 Å². The molecule has 3 aromatic carbocycles. The molecule has 5 rings (SSSR count). The average Bonchev–Trinajstić information content (AvgIpc) is 3.42. The number of piperidine rings is 1. The third-order valence-corrected chi connectivity index (χ3v) is 6.54. The summed E-state index contributed by atoms with van der Waals surface area (Å²) in [6.45, 7) is 2.48. The SMILES string of the molecule is O=C(NCc1ccccc1)c1ccccc1NC(=O)C1CCN(Cc2nc(-c3ccccc3)no2)CC1. The summed E-state index contributed by atoms with van der Waals surface area (Å²) in [7, 11) is 0. The molecule has 2 amide bonds. The number of carbonyl (C=O) groups excluding carboxylic acids is 2. The van der Waals surface area contributed by atoms with E-state index in [-0.39, 0.29) is 17.7 Å². The van der Waals surface area contributed by atoms with Crippen molar-refractivity contribution in [2.24, 2.45) is 5.92 Å². The van der Waals surface area contributed by atoms with E-state index >= 15 is 0 Å². The number of carbonyl (C=O) groups is 2. The van der Waals surface area contributed by atoms with Gasteiger partial charge in [-0.15, -0.1) is 0 Å². The van der Waals surface area contributed by atoms with E-state index in [9.17, 15) is 9.59 Å². The fourth-order valence-electron chi connectivity index (χ4n) is 4.47. The zero-order valence-electron chi connectivity index (χ0n) is 20.5. The van der Waals surface area contributed by atoms with Crippen LogP contribution >= 0.6 is 0 Å². The number of hydrogen-bond acceptors (Lipinski definition) is 6. The van der Waals surface area contributed by atoms with E-state index in [1.165, 1.54) is 0 Å². The van der Waals surface area contributed by atoms with Gasteiger partial charge in [0, 0.05) is 18.0 Å². The van der Waals surface area contributed by atoms with Crippen molar-refractivity contribution in [2.75, 3.05) is 18.4 Å². The van der Waals surface area contributed by atoms with Gasteiger partial charge in [0.25, 0.3) is 5.91 Å². The predicted molar refractivity (Wildman–Crippen MR) is 140 cm³/mol. The number of likely N-dealkylation sites (tertiary alicyclic amines) is 1. The van der Waals surface area contributed by atoms with E-state index in [0.29, 0.717) is 48.9 Å². The number of nitrogens with one attached hydrogen (secondary N) is 2. The predicted octanol–water partition coefficient (Wildman–Crippen LogP) is 4.52. The fraction of sp³-hybridized carbons (Fsp3) is 0.241. The first-order chi connectivity index (χ1) is 18.2. The maximum absolute atomic E-state index is 13.0. The number of anilines is 1. The van der Waals surface area contributed by atoms with Crippen LogP contribution in [0.5, 0.6) is 0 Å². The Hall–Kier alpha value is -4.30. The first kappa shape index (κ1) is 24.4. The molecule has 0 spiro atoms. The molecular formula is C29H29N5O3. The van der Waals surface area contributed by atoms with Gasteiger partial charge in [-0.2, -0.15) is 4.98 Å². The molecule has 1 aliphatic heterocycles. The summed E-state index contributed by atoms with van der Waals surface area (Å²) in [5, 5.41) is 10.0. The first-order valence-electron chi connectivity index (χ1n) is 12.5. The van der Waals surface area contributed by atoms with Gasteiger partial charge in [-0.05, 0) is 43.6 Å². The van der Waals surface area contributed by atoms with Gasteiger partial charge in [-0.1, -0.05) is 78.0 Å². The molecule has 37 heavy (non-hydrogen) atoms. The Balaban J connectivity index is 1.13. The largest absolute Gasteiger partial charge is 0.348 e. The molecule has 0 bridgehead atoms. The van der Waals surface area contributed by atoms with Gasteiger partial charge in [0.15, 0.2) is 0 Å². The molecule has 0 radical (unpaired) electrons. The van der Waals surface area contributed by atoms with E-state index < -0.39 is 0 Å². The Morgan fingerprint density at radius 1 is 0.892 bits per heavy atom. The van der Waals surface area contributed by atoms with Gasteiger partial charge in [-0.3, -0.25) is 14.5 Å². The first-order valence-corrected chi connectivity index (χ1v) is 12.5. The van der Waals surface area contributed by atoms with Crippen molar-refractivity contribution in [1.29, 1.82) is 0 Å². The van der Waals surface area contributed by atoms with Crippen LogP contribution in [0.2, 0.25) is 0 Å². The normalized spacial score (nSPS) is 14.3. The smallest absolute Gasteiger partial charge is 0.253 e. The fourth-order valence-corrected chi connectivity index (χ4v) is 4.47. The van der Waals surface area contributed by atoms with Crippen molar-refractivity contribution in [2.45, 2.75) is 25.9 Å². The number of benzene rings is 3. The summed E-state index contributed by atoms with van der Waals surface area (Å²) in [5.74, 6) is 0.740. The van der Waals surface area contributed by atoms with Crippen LogP contribution in [-0.4, -0.2) is 39.9 Å². The molecule has 0 atom stereocenters. The van der Waals surface area contributed by atoms with Crippen LogP contribution in [0.15, 0.2) is 89.5 Å². The monoisotopic (exact) mass is 495 g/mol. The van der Waals surface area contributed by atoms with E-state index in [2.05, 4.69) is 25.7 Å². The minimum atomic E-state index is -0.219. The van der Waals surface area contributed by atoms with E-state index in [1.54, 1.807) is 18.2 Å². The second kappa shape index (κ2) is 11.6. The number of amides is 2. The summed E-state index contributed by atoms with van der Waals surface area (Å²) >= 11 is 0. The molecule has 2 heterocycles. The average molecular weight is 496 g/mol. The van der Waals surface area contributed by atoms with Crippen molar-refractivity contribution in [3.8, 4) is 11.4 Å². The number of rotatable bonds is 8. The molecule has 1 aromatic heterocycles. The van der Waals surface area contributed by atoms with Crippen molar-refractivity contribution in [3.05, 3.63) is 102 Å². The molecule has 188 valence electrons. The molecule has 0 saturated carbocycles. The highest BCUT2D eigenvalue weighted by Crippen LogP contribution is 2.23. The highest BCUT2D eigenvalue weighted by Gasteiger charge is 2.27. The molecule has 4 aromatic rings. The van der Waals surface area contributed by atoms with Gasteiger partial charge in [0.2, 0.25) is 17.6 Å². The van der Waals surface area contributed by atoms with Crippen LogP contribution in [0.1, 0.15) is 34.7 Å². The third-order valence-electron chi connectivity index (χ3n) is 6.54. The lowest BCUT2D eigenvalue weighted by atomic mass is 9.95. The van der Waals surface area contributed by atoms with Crippen molar-refractivity contribution >= 4 is 17.5 Å². The van der Waals surface area contributed by atoms with Gasteiger partial charge in [0.1, 0.15) is 0 Å². The van der Waals surface area contributed by atoms with Crippen LogP contribution in [0, 0.1) is 5.92 Å². The van der Waals surface area contributed by atoms with Crippen molar-refractivity contribution in [3.63, 3.8) is 0 Å². The molecule has 0 unspecified atom stereocenters. The number of hydrogen-bond donors (Lipinski definition) is 2. The van der Waals surface area contributed by atoms with Crippen LogP contribution in [0.25, 0.3) is 11.4 Å². The molecule has 8 nitrogen and oxygen atoms in total. The minimum Gasteiger partial charge on any atom is -0.348 e. The van der Waals surface area contributed by atoms with Crippen LogP contribution in [-0.2, 0) is 17.9 Å². The Morgan fingerprint density at radius 3 is 2.32 bits per heavy atom. The maximum Gasteiger partial charge on any atom is 0.253 e.